The Bertz CT molecular complexity index is 366. The van der Waals surface area contributed by atoms with Crippen LogP contribution in [-0.2, 0) is 5.33 Å². The fourth-order valence-electron chi connectivity index (χ4n) is 1.25. The van der Waals surface area contributed by atoms with Crippen LogP contribution in [-0.4, -0.2) is 19.4 Å². The Kier molecular flexibility index (Phi) is 5.11. The van der Waals surface area contributed by atoms with Crippen LogP contribution in [0.15, 0.2) is 18.2 Å². The number of benzene rings is 1. The van der Waals surface area contributed by atoms with E-state index >= 15 is 0 Å². The zero-order valence-electron chi connectivity index (χ0n) is 9.18. The molecule has 0 aliphatic heterocycles. The van der Waals surface area contributed by atoms with Gasteiger partial charge in [0, 0.05) is 10.9 Å². The van der Waals surface area contributed by atoms with Crippen LogP contribution in [0.4, 0.5) is 13.2 Å². The fraction of sp³-hybridized carbons (Fsp3) is 0.455. The molecule has 96 valence electrons. The van der Waals surface area contributed by atoms with Gasteiger partial charge in [-0.15, -0.1) is 0 Å². The smallest absolute Gasteiger partial charge is 0.422 e. The zero-order chi connectivity index (χ0) is 12.9. The third-order valence-corrected chi connectivity index (χ3v) is 2.49. The molecule has 0 spiro atoms. The fourth-order valence-corrected chi connectivity index (χ4v) is 1.70. The van der Waals surface area contributed by atoms with Crippen molar-refractivity contribution in [3.63, 3.8) is 0 Å². The van der Waals surface area contributed by atoms with Crippen LogP contribution in [0.2, 0.25) is 0 Å². The van der Waals surface area contributed by atoms with Gasteiger partial charge in [-0.05, 0) is 13.0 Å². The van der Waals surface area contributed by atoms with Crippen molar-refractivity contribution in [1.29, 1.82) is 0 Å². The Morgan fingerprint density at radius 3 is 2.47 bits per heavy atom. The van der Waals surface area contributed by atoms with Gasteiger partial charge in [0.2, 0.25) is 0 Å². The third-order valence-electron chi connectivity index (χ3n) is 1.88. The molecule has 0 saturated carbocycles. The second kappa shape index (κ2) is 6.14. The van der Waals surface area contributed by atoms with Gasteiger partial charge in [0.15, 0.2) is 18.1 Å². The average Bonchev–Trinajstić information content (AvgIpc) is 2.26. The Balaban J connectivity index is 2.92. The summed E-state index contributed by atoms with van der Waals surface area (Å²) in [4.78, 5) is 0. The summed E-state index contributed by atoms with van der Waals surface area (Å²) in [5.41, 5.74) is 0.625. The van der Waals surface area contributed by atoms with E-state index in [4.69, 9.17) is 9.47 Å². The lowest BCUT2D eigenvalue weighted by Crippen LogP contribution is -2.20. The number of alkyl halides is 4. The molecule has 1 aromatic carbocycles. The normalized spacial score (nSPS) is 11.4. The molecule has 0 fully saturated rings. The maximum absolute atomic E-state index is 12.1. The molecule has 0 bridgehead atoms. The van der Waals surface area contributed by atoms with Crippen LogP contribution in [0.3, 0.4) is 0 Å². The molecule has 2 nitrogen and oxygen atoms in total. The van der Waals surface area contributed by atoms with E-state index in [0.29, 0.717) is 23.2 Å². The van der Waals surface area contributed by atoms with Crippen molar-refractivity contribution in [2.75, 3.05) is 13.2 Å². The van der Waals surface area contributed by atoms with Crippen molar-refractivity contribution in [1.82, 2.24) is 0 Å². The lowest BCUT2D eigenvalue weighted by atomic mass is 10.2. The van der Waals surface area contributed by atoms with Crippen molar-refractivity contribution in [2.24, 2.45) is 0 Å². The number of rotatable bonds is 5. The molecule has 0 heterocycles. The number of hydrogen-bond acceptors (Lipinski definition) is 2. The standard InChI is InChI=1S/C11H12BrF3O2/c1-2-16-9-5-3-4-8(6-12)10(9)17-7-11(13,14)15/h3-5H,2,6-7H2,1H3. The van der Waals surface area contributed by atoms with E-state index in [0.717, 1.165) is 0 Å². The summed E-state index contributed by atoms with van der Waals surface area (Å²) in [6.07, 6.45) is -4.36. The first-order chi connectivity index (χ1) is 7.98. The summed E-state index contributed by atoms with van der Waals surface area (Å²) in [5.74, 6) is 0.470. The minimum Gasteiger partial charge on any atom is -0.490 e. The van der Waals surface area contributed by atoms with E-state index in [1.165, 1.54) is 0 Å². The minimum absolute atomic E-state index is 0.142. The number of para-hydroxylation sites is 1. The van der Waals surface area contributed by atoms with Crippen molar-refractivity contribution in [3.8, 4) is 11.5 Å². The molecule has 0 radical (unpaired) electrons. The molecule has 0 unspecified atom stereocenters. The third kappa shape index (κ3) is 4.46. The maximum atomic E-state index is 12.1. The lowest BCUT2D eigenvalue weighted by molar-refractivity contribution is -0.153. The molecular formula is C11H12BrF3O2. The highest BCUT2D eigenvalue weighted by molar-refractivity contribution is 9.08. The summed E-state index contributed by atoms with van der Waals surface area (Å²) in [6, 6.07) is 4.98. The van der Waals surface area contributed by atoms with Crippen LogP contribution in [0.25, 0.3) is 0 Å². The summed E-state index contributed by atoms with van der Waals surface area (Å²) < 4.78 is 46.4. The second-order valence-corrected chi connectivity index (χ2v) is 3.78. The highest BCUT2D eigenvalue weighted by Gasteiger charge is 2.29. The second-order valence-electron chi connectivity index (χ2n) is 3.21. The van der Waals surface area contributed by atoms with E-state index in [-0.39, 0.29) is 5.75 Å². The highest BCUT2D eigenvalue weighted by atomic mass is 79.9. The average molecular weight is 313 g/mol. The van der Waals surface area contributed by atoms with Crippen molar-refractivity contribution in [3.05, 3.63) is 23.8 Å². The molecule has 0 aromatic heterocycles. The van der Waals surface area contributed by atoms with Crippen LogP contribution in [0, 0.1) is 0 Å². The molecule has 0 saturated heterocycles. The first kappa shape index (κ1) is 14.2. The van der Waals surface area contributed by atoms with E-state index in [2.05, 4.69) is 15.9 Å². The molecule has 0 amide bonds. The van der Waals surface area contributed by atoms with Gasteiger partial charge >= 0.3 is 6.18 Å². The van der Waals surface area contributed by atoms with Gasteiger partial charge in [-0.25, -0.2) is 0 Å². The Morgan fingerprint density at radius 2 is 1.94 bits per heavy atom. The summed E-state index contributed by atoms with van der Waals surface area (Å²) in [6.45, 7) is 0.805. The molecule has 1 rings (SSSR count). The molecule has 0 N–H and O–H groups in total. The van der Waals surface area contributed by atoms with Gasteiger partial charge in [0.25, 0.3) is 0 Å². The highest BCUT2D eigenvalue weighted by Crippen LogP contribution is 2.33. The Labute approximate surface area is 106 Å². The topological polar surface area (TPSA) is 18.5 Å². The molecule has 0 aliphatic rings. The number of hydrogen-bond donors (Lipinski definition) is 0. The predicted octanol–water partition coefficient (Wildman–Crippen LogP) is 3.92. The van der Waals surface area contributed by atoms with Crippen LogP contribution in [0.1, 0.15) is 12.5 Å². The Hall–Kier alpha value is -0.910. The van der Waals surface area contributed by atoms with Crippen molar-refractivity contribution >= 4 is 15.9 Å². The van der Waals surface area contributed by atoms with Crippen molar-refractivity contribution < 1.29 is 22.6 Å². The summed E-state index contributed by atoms with van der Waals surface area (Å²) in [5, 5.41) is 0.404. The summed E-state index contributed by atoms with van der Waals surface area (Å²) >= 11 is 3.20. The molecule has 0 atom stereocenters. The first-order valence-corrected chi connectivity index (χ1v) is 6.10. The quantitative estimate of drug-likeness (QED) is 0.767. The van der Waals surface area contributed by atoms with Gasteiger partial charge in [0.05, 0.1) is 6.61 Å². The van der Waals surface area contributed by atoms with Crippen LogP contribution in [0.5, 0.6) is 11.5 Å². The molecule has 17 heavy (non-hydrogen) atoms. The van der Waals surface area contributed by atoms with Gasteiger partial charge in [0.1, 0.15) is 0 Å². The zero-order valence-corrected chi connectivity index (χ0v) is 10.8. The number of ether oxygens (including phenoxy) is 2. The van der Waals surface area contributed by atoms with Crippen LogP contribution < -0.4 is 9.47 Å². The SMILES string of the molecule is CCOc1cccc(CBr)c1OCC(F)(F)F. The van der Waals surface area contributed by atoms with E-state index < -0.39 is 12.8 Å². The van der Waals surface area contributed by atoms with Crippen LogP contribution >= 0.6 is 15.9 Å². The molecule has 1 aromatic rings. The predicted molar refractivity (Wildman–Crippen MR) is 61.8 cm³/mol. The lowest BCUT2D eigenvalue weighted by Gasteiger charge is -2.15. The van der Waals surface area contributed by atoms with E-state index in [1.54, 1.807) is 25.1 Å². The largest absolute Gasteiger partial charge is 0.490 e. The van der Waals surface area contributed by atoms with Crippen molar-refractivity contribution in [2.45, 2.75) is 18.4 Å². The monoisotopic (exact) mass is 312 g/mol. The molecule has 0 aliphatic carbocycles. The Morgan fingerprint density at radius 1 is 1.24 bits per heavy atom. The summed E-state index contributed by atoms with van der Waals surface area (Å²) in [7, 11) is 0. The van der Waals surface area contributed by atoms with Gasteiger partial charge in [-0.3, -0.25) is 0 Å². The molecular weight excluding hydrogens is 301 g/mol. The first-order valence-electron chi connectivity index (χ1n) is 4.98. The van der Waals surface area contributed by atoms with Gasteiger partial charge in [-0.1, -0.05) is 28.1 Å². The van der Waals surface area contributed by atoms with E-state index in [1.807, 2.05) is 0 Å². The molecule has 6 heteroatoms. The maximum Gasteiger partial charge on any atom is 0.422 e. The van der Waals surface area contributed by atoms with Gasteiger partial charge in [-0.2, -0.15) is 13.2 Å². The van der Waals surface area contributed by atoms with E-state index in [9.17, 15) is 13.2 Å². The van der Waals surface area contributed by atoms with Gasteiger partial charge < -0.3 is 9.47 Å². The minimum atomic E-state index is -4.36. The number of halogens is 4.